The number of likely N-dealkylation sites (tertiary alicyclic amines) is 1. The molecule has 1 atom stereocenters. The van der Waals surface area contributed by atoms with Crippen molar-refractivity contribution in [3.63, 3.8) is 0 Å². The van der Waals surface area contributed by atoms with Crippen LogP contribution >= 0.6 is 0 Å². The number of rotatable bonds is 6. The van der Waals surface area contributed by atoms with E-state index in [4.69, 9.17) is 9.47 Å². The predicted octanol–water partition coefficient (Wildman–Crippen LogP) is 3.11. The van der Waals surface area contributed by atoms with Crippen LogP contribution in [0.5, 0.6) is 11.5 Å². The fourth-order valence-electron chi connectivity index (χ4n) is 3.55. The van der Waals surface area contributed by atoms with E-state index in [9.17, 15) is 9.59 Å². The topological polar surface area (TPSA) is 67.9 Å². The largest absolute Gasteiger partial charge is 0.497 e. The number of hydrogen-bond acceptors (Lipinski definition) is 4. The molecule has 2 amide bonds. The van der Waals surface area contributed by atoms with Gasteiger partial charge < -0.3 is 19.7 Å². The highest BCUT2D eigenvalue weighted by Gasteiger charge is 2.32. The van der Waals surface area contributed by atoms with E-state index in [0.717, 1.165) is 35.5 Å². The highest BCUT2D eigenvalue weighted by molar-refractivity contribution is 5.96. The summed E-state index contributed by atoms with van der Waals surface area (Å²) < 4.78 is 10.8. The highest BCUT2D eigenvalue weighted by Crippen LogP contribution is 2.38. The van der Waals surface area contributed by atoms with E-state index in [-0.39, 0.29) is 24.4 Å². The summed E-state index contributed by atoms with van der Waals surface area (Å²) in [7, 11) is 3.23. The SMILES string of the molecule is COc1ccc(OC)c(C2CCCN2C(=O)CNC(=O)c2ccc(C)cc2)c1. The molecule has 1 heterocycles. The molecule has 1 unspecified atom stereocenters. The lowest BCUT2D eigenvalue weighted by Crippen LogP contribution is -2.39. The number of hydrogen-bond donors (Lipinski definition) is 1. The molecule has 1 fully saturated rings. The fourth-order valence-corrected chi connectivity index (χ4v) is 3.55. The Balaban J connectivity index is 1.69. The average Bonchev–Trinajstić information content (AvgIpc) is 3.21. The number of amides is 2. The number of methoxy groups -OCH3 is 2. The maximum Gasteiger partial charge on any atom is 0.251 e. The second kappa shape index (κ2) is 8.78. The van der Waals surface area contributed by atoms with Crippen molar-refractivity contribution < 1.29 is 19.1 Å². The van der Waals surface area contributed by atoms with Gasteiger partial charge in [-0.3, -0.25) is 9.59 Å². The van der Waals surface area contributed by atoms with Crippen LogP contribution in [0.15, 0.2) is 42.5 Å². The van der Waals surface area contributed by atoms with Crippen LogP contribution in [0.2, 0.25) is 0 Å². The molecule has 0 bridgehead atoms. The van der Waals surface area contributed by atoms with Crippen molar-refractivity contribution in [3.05, 3.63) is 59.2 Å². The molecule has 3 rings (SSSR count). The zero-order chi connectivity index (χ0) is 20.1. The molecule has 0 saturated carbocycles. The van der Waals surface area contributed by atoms with Gasteiger partial charge in [0.15, 0.2) is 0 Å². The molecule has 1 aliphatic heterocycles. The predicted molar refractivity (Wildman–Crippen MR) is 107 cm³/mol. The minimum Gasteiger partial charge on any atom is -0.497 e. The van der Waals surface area contributed by atoms with Gasteiger partial charge in [0.2, 0.25) is 5.91 Å². The summed E-state index contributed by atoms with van der Waals surface area (Å²) in [6.07, 6.45) is 1.75. The first-order chi connectivity index (χ1) is 13.5. The number of carbonyl (C=O) groups excluding carboxylic acids is 2. The molecule has 0 aliphatic carbocycles. The van der Waals surface area contributed by atoms with Crippen molar-refractivity contribution in [2.75, 3.05) is 27.3 Å². The van der Waals surface area contributed by atoms with Gasteiger partial charge in [-0.2, -0.15) is 0 Å². The van der Waals surface area contributed by atoms with Crippen molar-refractivity contribution in [3.8, 4) is 11.5 Å². The molecule has 6 nitrogen and oxygen atoms in total. The first-order valence-corrected chi connectivity index (χ1v) is 9.39. The van der Waals surface area contributed by atoms with Crippen LogP contribution in [0.1, 0.15) is 40.4 Å². The second-order valence-corrected chi connectivity index (χ2v) is 6.90. The zero-order valence-corrected chi connectivity index (χ0v) is 16.5. The molecular weight excluding hydrogens is 356 g/mol. The third-order valence-corrected chi connectivity index (χ3v) is 5.08. The molecular formula is C22H26N2O4. The van der Waals surface area contributed by atoms with E-state index in [2.05, 4.69) is 5.32 Å². The van der Waals surface area contributed by atoms with Gasteiger partial charge in [0.25, 0.3) is 5.91 Å². The van der Waals surface area contributed by atoms with Gasteiger partial charge in [0, 0.05) is 17.7 Å². The van der Waals surface area contributed by atoms with Gasteiger partial charge >= 0.3 is 0 Å². The number of carbonyl (C=O) groups is 2. The average molecular weight is 382 g/mol. The van der Waals surface area contributed by atoms with Gasteiger partial charge in [0.05, 0.1) is 26.8 Å². The molecule has 6 heteroatoms. The molecule has 0 radical (unpaired) electrons. The van der Waals surface area contributed by atoms with E-state index in [1.54, 1.807) is 26.4 Å². The van der Waals surface area contributed by atoms with E-state index < -0.39 is 0 Å². The number of aryl methyl sites for hydroxylation is 1. The zero-order valence-electron chi connectivity index (χ0n) is 16.5. The summed E-state index contributed by atoms with van der Waals surface area (Å²) in [4.78, 5) is 26.9. The smallest absolute Gasteiger partial charge is 0.251 e. The summed E-state index contributed by atoms with van der Waals surface area (Å²) in [6.45, 7) is 2.59. The molecule has 1 aliphatic rings. The Hall–Kier alpha value is -3.02. The molecule has 2 aromatic rings. The van der Waals surface area contributed by atoms with Crippen LogP contribution in [0, 0.1) is 6.92 Å². The van der Waals surface area contributed by atoms with Crippen LogP contribution in [0.3, 0.4) is 0 Å². The van der Waals surface area contributed by atoms with E-state index in [0.29, 0.717) is 12.1 Å². The third-order valence-electron chi connectivity index (χ3n) is 5.08. The van der Waals surface area contributed by atoms with E-state index >= 15 is 0 Å². The highest BCUT2D eigenvalue weighted by atomic mass is 16.5. The van der Waals surface area contributed by atoms with Gasteiger partial charge in [0.1, 0.15) is 11.5 Å². The number of ether oxygens (including phenoxy) is 2. The minimum absolute atomic E-state index is 0.0322. The first-order valence-electron chi connectivity index (χ1n) is 9.39. The Morgan fingerprint density at radius 2 is 1.86 bits per heavy atom. The van der Waals surface area contributed by atoms with Gasteiger partial charge in [-0.25, -0.2) is 0 Å². The van der Waals surface area contributed by atoms with Crippen molar-refractivity contribution in [2.45, 2.75) is 25.8 Å². The van der Waals surface area contributed by atoms with Crippen LogP contribution in [-0.2, 0) is 4.79 Å². The molecule has 0 spiro atoms. The molecule has 0 aromatic heterocycles. The van der Waals surface area contributed by atoms with Crippen molar-refractivity contribution in [1.29, 1.82) is 0 Å². The standard InChI is InChI=1S/C22H26N2O4/c1-15-6-8-16(9-7-15)22(26)23-14-21(25)24-12-4-5-19(24)18-13-17(27-2)10-11-20(18)28-3/h6-11,13,19H,4-5,12,14H2,1-3H3,(H,23,26). The summed E-state index contributed by atoms with van der Waals surface area (Å²) in [5, 5.41) is 2.73. The summed E-state index contributed by atoms with van der Waals surface area (Å²) >= 11 is 0. The maximum absolute atomic E-state index is 12.8. The lowest BCUT2D eigenvalue weighted by atomic mass is 10.0. The Labute approximate surface area is 165 Å². The summed E-state index contributed by atoms with van der Waals surface area (Å²) in [5.74, 6) is 1.10. The number of benzene rings is 2. The Bertz CT molecular complexity index is 848. The Kier molecular flexibility index (Phi) is 6.19. The molecule has 1 saturated heterocycles. The van der Waals surface area contributed by atoms with Crippen LogP contribution in [0.4, 0.5) is 0 Å². The van der Waals surface area contributed by atoms with Gasteiger partial charge in [-0.15, -0.1) is 0 Å². The Morgan fingerprint density at radius 1 is 1.11 bits per heavy atom. The van der Waals surface area contributed by atoms with E-state index in [1.165, 1.54) is 0 Å². The van der Waals surface area contributed by atoms with Crippen LogP contribution in [0.25, 0.3) is 0 Å². The van der Waals surface area contributed by atoms with Gasteiger partial charge in [-0.05, 0) is 50.1 Å². The van der Waals surface area contributed by atoms with Gasteiger partial charge in [-0.1, -0.05) is 17.7 Å². The monoisotopic (exact) mass is 382 g/mol. The maximum atomic E-state index is 12.8. The molecule has 2 aromatic carbocycles. The first kappa shape index (κ1) is 19.7. The van der Waals surface area contributed by atoms with Crippen molar-refractivity contribution in [2.24, 2.45) is 0 Å². The number of nitrogens with one attached hydrogen (secondary N) is 1. The van der Waals surface area contributed by atoms with Crippen molar-refractivity contribution in [1.82, 2.24) is 10.2 Å². The molecule has 148 valence electrons. The second-order valence-electron chi connectivity index (χ2n) is 6.90. The fraction of sp³-hybridized carbons (Fsp3) is 0.364. The van der Waals surface area contributed by atoms with E-state index in [1.807, 2.05) is 42.2 Å². The third kappa shape index (κ3) is 4.27. The van der Waals surface area contributed by atoms with Crippen molar-refractivity contribution >= 4 is 11.8 Å². The summed E-state index contributed by atoms with van der Waals surface area (Å²) in [6, 6.07) is 12.8. The lowest BCUT2D eigenvalue weighted by molar-refractivity contribution is -0.131. The normalized spacial score (nSPS) is 16.0. The molecule has 1 N–H and O–H groups in total. The quantitative estimate of drug-likeness (QED) is 0.834. The lowest BCUT2D eigenvalue weighted by Gasteiger charge is -2.27. The molecule has 28 heavy (non-hydrogen) atoms. The van der Waals surface area contributed by atoms with Crippen LogP contribution < -0.4 is 14.8 Å². The number of nitrogens with zero attached hydrogens (tertiary/aromatic N) is 1. The minimum atomic E-state index is -0.247. The Morgan fingerprint density at radius 3 is 2.54 bits per heavy atom. The summed E-state index contributed by atoms with van der Waals surface area (Å²) in [5.41, 5.74) is 2.56. The van der Waals surface area contributed by atoms with Crippen LogP contribution in [-0.4, -0.2) is 44.0 Å².